The number of benzene rings is 2. The molecule has 0 aromatic heterocycles. The number of alkyl halides is 3. The molecule has 0 N–H and O–H groups in total. The van der Waals surface area contributed by atoms with Gasteiger partial charge in [-0.1, -0.05) is 42.2 Å². The van der Waals surface area contributed by atoms with Gasteiger partial charge in [-0.25, -0.2) is 0 Å². The van der Waals surface area contributed by atoms with Crippen molar-refractivity contribution < 1.29 is 13.2 Å². The van der Waals surface area contributed by atoms with Gasteiger partial charge in [-0.3, -0.25) is 0 Å². The Labute approximate surface area is 165 Å². The maximum atomic E-state index is 12.7. The fraction of sp³-hybridized carbons (Fsp3) is 0.360. The molecule has 0 bridgehead atoms. The fourth-order valence-electron chi connectivity index (χ4n) is 3.72. The maximum Gasteiger partial charge on any atom is 0.416 e. The number of hydrogen-bond donors (Lipinski definition) is 0. The first-order chi connectivity index (χ1) is 13.5. The molecule has 1 saturated carbocycles. The van der Waals surface area contributed by atoms with Gasteiger partial charge in [0, 0.05) is 11.5 Å². The van der Waals surface area contributed by atoms with Crippen molar-refractivity contribution in [1.82, 2.24) is 0 Å². The maximum absolute atomic E-state index is 12.7. The Balaban J connectivity index is 1.53. The zero-order chi connectivity index (χ0) is 20.0. The minimum absolute atomic E-state index is 0.337. The molecule has 28 heavy (non-hydrogen) atoms. The smallest absolute Gasteiger partial charge is 0.166 e. The first kappa shape index (κ1) is 20.3. The van der Waals surface area contributed by atoms with Crippen molar-refractivity contribution >= 4 is 0 Å². The SMILES string of the molecule is C=CCCc1ccc(C#CC2CCC(c3ccc(C(F)(F)F)cc3)CC2)cc1. The molecule has 0 heterocycles. The highest BCUT2D eigenvalue weighted by molar-refractivity contribution is 5.37. The molecular formula is C25H25F3. The average molecular weight is 382 g/mol. The van der Waals surface area contributed by atoms with E-state index in [1.165, 1.54) is 17.7 Å². The molecule has 0 radical (unpaired) electrons. The molecule has 2 aromatic rings. The lowest BCUT2D eigenvalue weighted by atomic mass is 9.79. The lowest BCUT2D eigenvalue weighted by molar-refractivity contribution is -0.137. The third-order valence-electron chi connectivity index (χ3n) is 5.45. The first-order valence-electron chi connectivity index (χ1n) is 9.84. The van der Waals surface area contributed by atoms with E-state index >= 15 is 0 Å². The van der Waals surface area contributed by atoms with Crippen LogP contribution in [0.1, 0.15) is 60.3 Å². The summed E-state index contributed by atoms with van der Waals surface area (Å²) in [5, 5.41) is 0. The number of halogens is 3. The van der Waals surface area contributed by atoms with Crippen LogP contribution in [0.5, 0.6) is 0 Å². The van der Waals surface area contributed by atoms with Crippen LogP contribution in [0.4, 0.5) is 13.2 Å². The molecule has 0 saturated heterocycles. The molecule has 0 unspecified atom stereocenters. The van der Waals surface area contributed by atoms with E-state index in [1.54, 1.807) is 12.1 Å². The van der Waals surface area contributed by atoms with E-state index in [9.17, 15) is 13.2 Å². The van der Waals surface area contributed by atoms with Gasteiger partial charge in [-0.2, -0.15) is 13.2 Å². The zero-order valence-electron chi connectivity index (χ0n) is 15.9. The Morgan fingerprint density at radius 2 is 1.57 bits per heavy atom. The lowest BCUT2D eigenvalue weighted by Gasteiger charge is -2.26. The zero-order valence-corrected chi connectivity index (χ0v) is 15.9. The Hall–Kier alpha value is -2.47. The Bertz CT molecular complexity index is 825. The highest BCUT2D eigenvalue weighted by Crippen LogP contribution is 2.37. The highest BCUT2D eigenvalue weighted by atomic mass is 19.4. The molecule has 0 spiro atoms. The average Bonchev–Trinajstić information content (AvgIpc) is 2.71. The quantitative estimate of drug-likeness (QED) is 0.389. The van der Waals surface area contributed by atoms with Gasteiger partial charge < -0.3 is 0 Å². The van der Waals surface area contributed by atoms with Crippen molar-refractivity contribution in [1.29, 1.82) is 0 Å². The van der Waals surface area contributed by atoms with Crippen molar-refractivity contribution in [3.63, 3.8) is 0 Å². The van der Waals surface area contributed by atoms with Gasteiger partial charge in [0.05, 0.1) is 5.56 Å². The fourth-order valence-corrected chi connectivity index (χ4v) is 3.72. The van der Waals surface area contributed by atoms with Crippen LogP contribution in [-0.2, 0) is 12.6 Å². The van der Waals surface area contributed by atoms with Gasteiger partial charge in [0.1, 0.15) is 0 Å². The van der Waals surface area contributed by atoms with Crippen LogP contribution in [0.25, 0.3) is 0 Å². The summed E-state index contributed by atoms with van der Waals surface area (Å²) in [6.45, 7) is 3.75. The van der Waals surface area contributed by atoms with E-state index in [0.717, 1.165) is 49.7 Å². The number of rotatable bonds is 4. The topological polar surface area (TPSA) is 0 Å². The predicted octanol–water partition coefficient (Wildman–Crippen LogP) is 7.15. The number of hydrogen-bond acceptors (Lipinski definition) is 0. The first-order valence-corrected chi connectivity index (χ1v) is 9.84. The summed E-state index contributed by atoms with van der Waals surface area (Å²) in [5.41, 5.74) is 2.76. The van der Waals surface area contributed by atoms with Crippen molar-refractivity contribution in [3.8, 4) is 11.8 Å². The van der Waals surface area contributed by atoms with E-state index in [-0.39, 0.29) is 0 Å². The van der Waals surface area contributed by atoms with Gasteiger partial charge in [-0.05, 0) is 79.8 Å². The summed E-state index contributed by atoms with van der Waals surface area (Å²) in [6.07, 6.45) is 3.59. The van der Waals surface area contributed by atoms with E-state index in [1.807, 2.05) is 6.08 Å². The standard InChI is InChI=1S/C25H25F3/c1-2-3-4-19-5-7-20(8-6-19)9-10-21-11-13-22(14-12-21)23-15-17-24(18-16-23)25(26,27)28/h2,5-8,15-18,21-22H,1,3-4,11-14H2. The van der Waals surface area contributed by atoms with Crippen LogP contribution < -0.4 is 0 Å². The summed E-state index contributed by atoms with van der Waals surface area (Å²) in [5.74, 6) is 7.37. The summed E-state index contributed by atoms with van der Waals surface area (Å²) in [4.78, 5) is 0. The Kier molecular flexibility index (Phi) is 6.62. The second-order valence-electron chi connectivity index (χ2n) is 7.46. The monoisotopic (exact) mass is 382 g/mol. The molecule has 0 amide bonds. The molecule has 1 fully saturated rings. The molecule has 0 nitrogen and oxygen atoms in total. The van der Waals surface area contributed by atoms with Gasteiger partial charge in [0.25, 0.3) is 0 Å². The van der Waals surface area contributed by atoms with Gasteiger partial charge in [0.15, 0.2) is 0 Å². The summed E-state index contributed by atoms with van der Waals surface area (Å²) < 4.78 is 38.1. The molecule has 0 atom stereocenters. The van der Waals surface area contributed by atoms with Gasteiger partial charge >= 0.3 is 6.18 Å². The van der Waals surface area contributed by atoms with Crippen LogP contribution in [0.2, 0.25) is 0 Å². The van der Waals surface area contributed by atoms with Crippen LogP contribution in [0.3, 0.4) is 0 Å². The molecule has 0 aliphatic heterocycles. The molecular weight excluding hydrogens is 357 g/mol. The molecule has 1 aliphatic carbocycles. The van der Waals surface area contributed by atoms with Crippen molar-refractivity contribution in [3.05, 3.63) is 83.4 Å². The van der Waals surface area contributed by atoms with Crippen molar-refractivity contribution in [2.24, 2.45) is 5.92 Å². The molecule has 146 valence electrons. The van der Waals surface area contributed by atoms with Crippen LogP contribution in [0.15, 0.2) is 61.2 Å². The molecule has 3 rings (SSSR count). The van der Waals surface area contributed by atoms with Crippen LogP contribution in [-0.4, -0.2) is 0 Å². The largest absolute Gasteiger partial charge is 0.416 e. The van der Waals surface area contributed by atoms with Crippen LogP contribution in [0, 0.1) is 17.8 Å². The minimum Gasteiger partial charge on any atom is -0.166 e. The Morgan fingerprint density at radius 3 is 2.14 bits per heavy atom. The Morgan fingerprint density at radius 1 is 0.929 bits per heavy atom. The summed E-state index contributed by atoms with van der Waals surface area (Å²) in [6, 6.07) is 14.0. The van der Waals surface area contributed by atoms with Gasteiger partial charge in [-0.15, -0.1) is 6.58 Å². The normalized spacial score (nSPS) is 19.5. The molecule has 2 aromatic carbocycles. The highest BCUT2D eigenvalue weighted by Gasteiger charge is 2.30. The van der Waals surface area contributed by atoms with E-state index in [0.29, 0.717) is 11.8 Å². The predicted molar refractivity (Wildman–Crippen MR) is 108 cm³/mol. The second-order valence-corrected chi connectivity index (χ2v) is 7.46. The third-order valence-corrected chi connectivity index (χ3v) is 5.45. The lowest BCUT2D eigenvalue weighted by Crippen LogP contribution is -2.12. The minimum atomic E-state index is -4.27. The van der Waals surface area contributed by atoms with Crippen molar-refractivity contribution in [2.45, 2.75) is 50.6 Å². The summed E-state index contributed by atoms with van der Waals surface area (Å²) in [7, 11) is 0. The van der Waals surface area contributed by atoms with Crippen LogP contribution >= 0.6 is 0 Å². The van der Waals surface area contributed by atoms with Crippen molar-refractivity contribution in [2.75, 3.05) is 0 Å². The molecule has 1 aliphatic rings. The summed E-state index contributed by atoms with van der Waals surface area (Å²) >= 11 is 0. The van der Waals surface area contributed by atoms with E-state index in [4.69, 9.17) is 0 Å². The molecule has 3 heteroatoms. The third kappa shape index (κ3) is 5.52. The number of aryl methyl sites for hydroxylation is 1. The van der Waals surface area contributed by atoms with E-state index < -0.39 is 11.7 Å². The second kappa shape index (κ2) is 9.15. The number of allylic oxidation sites excluding steroid dienone is 1. The van der Waals surface area contributed by atoms with E-state index in [2.05, 4.69) is 42.7 Å². The van der Waals surface area contributed by atoms with Gasteiger partial charge in [0.2, 0.25) is 0 Å².